The van der Waals surface area contributed by atoms with Crippen LogP contribution in [0.1, 0.15) is 37.8 Å². The summed E-state index contributed by atoms with van der Waals surface area (Å²) in [6, 6.07) is 9.18. The van der Waals surface area contributed by atoms with Gasteiger partial charge >= 0.3 is 0 Å². The van der Waals surface area contributed by atoms with Crippen LogP contribution in [0.2, 0.25) is 0 Å². The molecular formula is C20H29N5O. The molecule has 1 aliphatic rings. The minimum absolute atomic E-state index is 0.000360. The molecule has 2 aromatic rings. The summed E-state index contributed by atoms with van der Waals surface area (Å²) in [6.45, 7) is 7.66. The third-order valence-corrected chi connectivity index (χ3v) is 4.72. The highest BCUT2D eigenvalue weighted by molar-refractivity contribution is 5.75. The maximum absolute atomic E-state index is 12.2. The van der Waals surface area contributed by atoms with Gasteiger partial charge in [0.2, 0.25) is 5.91 Å². The third-order valence-electron chi connectivity index (χ3n) is 4.72. The molecule has 1 aromatic heterocycles. The van der Waals surface area contributed by atoms with E-state index in [9.17, 15) is 4.79 Å². The number of hydrogen-bond donors (Lipinski definition) is 1. The van der Waals surface area contributed by atoms with Gasteiger partial charge in [-0.25, -0.2) is 9.67 Å². The van der Waals surface area contributed by atoms with Crippen LogP contribution in [0.5, 0.6) is 0 Å². The average Bonchev–Trinajstić information content (AvgIpc) is 3.09. The minimum Gasteiger partial charge on any atom is -0.350 e. The van der Waals surface area contributed by atoms with Crippen LogP contribution in [0, 0.1) is 5.92 Å². The quantitative estimate of drug-likeness (QED) is 0.827. The molecule has 1 aromatic carbocycles. The van der Waals surface area contributed by atoms with E-state index >= 15 is 0 Å². The van der Waals surface area contributed by atoms with Gasteiger partial charge in [-0.2, -0.15) is 5.10 Å². The van der Waals surface area contributed by atoms with Gasteiger partial charge in [-0.3, -0.25) is 9.69 Å². The van der Waals surface area contributed by atoms with Crippen molar-refractivity contribution in [3.63, 3.8) is 0 Å². The van der Waals surface area contributed by atoms with Crippen molar-refractivity contribution in [2.75, 3.05) is 13.1 Å². The van der Waals surface area contributed by atoms with E-state index in [1.54, 1.807) is 11.0 Å². The normalized spacial score (nSPS) is 18.2. The highest BCUT2D eigenvalue weighted by atomic mass is 16.2. The summed E-state index contributed by atoms with van der Waals surface area (Å²) in [5, 5.41) is 7.11. The molecule has 140 valence electrons. The van der Waals surface area contributed by atoms with Crippen LogP contribution in [0.3, 0.4) is 0 Å². The van der Waals surface area contributed by atoms with Crippen LogP contribution in [-0.2, 0) is 24.3 Å². The van der Waals surface area contributed by atoms with Gasteiger partial charge in [0, 0.05) is 19.1 Å². The lowest BCUT2D eigenvalue weighted by Crippen LogP contribution is -2.48. The number of carbonyl (C=O) groups is 1. The zero-order valence-corrected chi connectivity index (χ0v) is 15.8. The van der Waals surface area contributed by atoms with Crippen molar-refractivity contribution in [1.29, 1.82) is 0 Å². The van der Waals surface area contributed by atoms with Gasteiger partial charge in [-0.05, 0) is 42.9 Å². The Morgan fingerprint density at radius 1 is 1.27 bits per heavy atom. The molecule has 0 radical (unpaired) electrons. The Labute approximate surface area is 155 Å². The monoisotopic (exact) mass is 355 g/mol. The van der Waals surface area contributed by atoms with Crippen molar-refractivity contribution in [3.8, 4) is 0 Å². The summed E-state index contributed by atoms with van der Waals surface area (Å²) >= 11 is 0. The van der Waals surface area contributed by atoms with Gasteiger partial charge in [-0.15, -0.1) is 0 Å². The van der Waals surface area contributed by atoms with Gasteiger partial charge in [0.05, 0.1) is 0 Å². The number of benzene rings is 1. The molecular weight excluding hydrogens is 326 g/mol. The first-order valence-electron chi connectivity index (χ1n) is 9.50. The van der Waals surface area contributed by atoms with E-state index in [4.69, 9.17) is 0 Å². The van der Waals surface area contributed by atoms with E-state index in [1.807, 2.05) is 0 Å². The van der Waals surface area contributed by atoms with Crippen LogP contribution in [0.15, 0.2) is 36.9 Å². The number of hydrogen-bond acceptors (Lipinski definition) is 4. The molecule has 1 atom stereocenters. The molecule has 0 spiro atoms. The maximum atomic E-state index is 12.2. The molecule has 1 saturated heterocycles. The second kappa shape index (κ2) is 8.94. The Hall–Kier alpha value is -2.21. The zero-order chi connectivity index (χ0) is 18.4. The average molecular weight is 355 g/mol. The van der Waals surface area contributed by atoms with Crippen molar-refractivity contribution in [2.45, 2.75) is 52.2 Å². The van der Waals surface area contributed by atoms with E-state index in [1.165, 1.54) is 17.5 Å². The SMILES string of the molecule is CC(C)Cc1ccc(CN2CCC[C@@H](NC(=O)Cn3cncn3)C2)cc1. The van der Waals surface area contributed by atoms with Crippen molar-refractivity contribution in [3.05, 3.63) is 48.0 Å². The topological polar surface area (TPSA) is 63.1 Å². The lowest BCUT2D eigenvalue weighted by Gasteiger charge is -2.33. The summed E-state index contributed by atoms with van der Waals surface area (Å²) in [7, 11) is 0. The summed E-state index contributed by atoms with van der Waals surface area (Å²) < 4.78 is 1.55. The number of nitrogens with zero attached hydrogens (tertiary/aromatic N) is 4. The molecule has 1 aliphatic heterocycles. The lowest BCUT2D eigenvalue weighted by molar-refractivity contribution is -0.122. The highest BCUT2D eigenvalue weighted by Gasteiger charge is 2.21. The van der Waals surface area contributed by atoms with E-state index in [0.29, 0.717) is 5.92 Å². The summed E-state index contributed by atoms with van der Waals surface area (Å²) in [5.74, 6) is 0.685. The van der Waals surface area contributed by atoms with Gasteiger partial charge in [0.1, 0.15) is 19.2 Å². The minimum atomic E-state index is 0.000360. The Balaban J connectivity index is 1.47. The smallest absolute Gasteiger partial charge is 0.242 e. The number of rotatable bonds is 7. The Morgan fingerprint density at radius 3 is 2.73 bits per heavy atom. The van der Waals surface area contributed by atoms with Gasteiger partial charge in [0.25, 0.3) is 0 Å². The largest absolute Gasteiger partial charge is 0.350 e. The van der Waals surface area contributed by atoms with Crippen LogP contribution < -0.4 is 5.32 Å². The summed E-state index contributed by atoms with van der Waals surface area (Å²) in [4.78, 5) is 18.4. The molecule has 1 amide bonds. The Morgan fingerprint density at radius 2 is 2.04 bits per heavy atom. The van der Waals surface area contributed by atoms with Crippen LogP contribution in [-0.4, -0.2) is 44.7 Å². The first-order chi connectivity index (χ1) is 12.6. The third kappa shape index (κ3) is 5.66. The number of amides is 1. The van der Waals surface area contributed by atoms with Crippen LogP contribution in [0.25, 0.3) is 0 Å². The second-order valence-corrected chi connectivity index (χ2v) is 7.65. The molecule has 1 N–H and O–H groups in total. The lowest BCUT2D eigenvalue weighted by atomic mass is 10.0. The standard InChI is InChI=1S/C20H29N5O/c1-16(2)10-17-5-7-18(8-6-17)11-24-9-3-4-19(12-24)23-20(26)13-25-15-21-14-22-25/h5-8,14-16,19H,3-4,9-13H2,1-2H3,(H,23,26)/t19-/m1/s1. The highest BCUT2D eigenvalue weighted by Crippen LogP contribution is 2.15. The molecule has 1 fully saturated rings. The number of likely N-dealkylation sites (tertiary alicyclic amines) is 1. The fraction of sp³-hybridized carbons (Fsp3) is 0.550. The molecule has 3 rings (SSSR count). The fourth-order valence-electron chi connectivity index (χ4n) is 3.56. The number of aromatic nitrogens is 3. The van der Waals surface area contributed by atoms with E-state index in [0.717, 1.165) is 38.9 Å². The van der Waals surface area contributed by atoms with Crippen molar-refractivity contribution in [2.24, 2.45) is 5.92 Å². The fourth-order valence-corrected chi connectivity index (χ4v) is 3.56. The molecule has 26 heavy (non-hydrogen) atoms. The van der Waals surface area contributed by atoms with E-state index in [-0.39, 0.29) is 18.5 Å². The summed E-state index contributed by atoms with van der Waals surface area (Å²) in [6.07, 6.45) is 6.29. The maximum Gasteiger partial charge on any atom is 0.242 e. The molecule has 0 unspecified atom stereocenters. The molecule has 0 aliphatic carbocycles. The van der Waals surface area contributed by atoms with E-state index in [2.05, 4.69) is 58.4 Å². The predicted octanol–water partition coefficient (Wildman–Crippen LogP) is 2.26. The number of piperidine rings is 1. The zero-order valence-electron chi connectivity index (χ0n) is 15.8. The first kappa shape index (κ1) is 18.6. The van der Waals surface area contributed by atoms with Gasteiger partial charge < -0.3 is 5.32 Å². The van der Waals surface area contributed by atoms with Crippen LogP contribution >= 0.6 is 0 Å². The number of carbonyl (C=O) groups excluding carboxylic acids is 1. The first-order valence-corrected chi connectivity index (χ1v) is 9.50. The predicted molar refractivity (Wildman–Crippen MR) is 101 cm³/mol. The molecule has 6 nitrogen and oxygen atoms in total. The molecule has 6 heteroatoms. The Kier molecular flexibility index (Phi) is 6.39. The Bertz CT molecular complexity index is 681. The molecule has 0 bridgehead atoms. The van der Waals surface area contributed by atoms with Crippen molar-refractivity contribution < 1.29 is 4.79 Å². The number of nitrogens with one attached hydrogen (secondary N) is 1. The van der Waals surface area contributed by atoms with Gasteiger partial charge in [0.15, 0.2) is 0 Å². The van der Waals surface area contributed by atoms with Crippen LogP contribution in [0.4, 0.5) is 0 Å². The van der Waals surface area contributed by atoms with Gasteiger partial charge in [-0.1, -0.05) is 38.1 Å². The molecule has 2 heterocycles. The van der Waals surface area contributed by atoms with E-state index < -0.39 is 0 Å². The van der Waals surface area contributed by atoms with Crippen molar-refractivity contribution in [1.82, 2.24) is 25.0 Å². The summed E-state index contributed by atoms with van der Waals surface area (Å²) in [5.41, 5.74) is 2.74. The molecule has 0 saturated carbocycles. The van der Waals surface area contributed by atoms with Crippen molar-refractivity contribution >= 4 is 5.91 Å². The second-order valence-electron chi connectivity index (χ2n) is 7.65.